The second kappa shape index (κ2) is 5.51. The lowest BCUT2D eigenvalue weighted by Crippen LogP contribution is -2.65. The third-order valence-electron chi connectivity index (χ3n) is 3.04. The van der Waals surface area contributed by atoms with Gasteiger partial charge in [0.05, 0.1) is 0 Å². The highest BCUT2D eigenvalue weighted by molar-refractivity contribution is 5.77. The maximum absolute atomic E-state index is 13.3. The van der Waals surface area contributed by atoms with Crippen LogP contribution in [0.25, 0.3) is 0 Å². The van der Waals surface area contributed by atoms with Crippen LogP contribution in [0.1, 0.15) is 0 Å². The molecule has 0 amide bonds. The number of piperazine rings is 1. The summed E-state index contributed by atoms with van der Waals surface area (Å²) in [6.45, 7) is -5.36. The number of hydrogen-bond donors (Lipinski definition) is 0. The lowest BCUT2D eigenvalue weighted by molar-refractivity contribution is -0.350. The molecular formula is C9H8F10N2O. The van der Waals surface area contributed by atoms with E-state index in [1.165, 1.54) is 0 Å². The Morgan fingerprint density at radius 3 is 1.27 bits per heavy atom. The van der Waals surface area contributed by atoms with Crippen LogP contribution < -0.4 is 0 Å². The van der Waals surface area contributed by atoms with Gasteiger partial charge < -0.3 is 0 Å². The molecule has 0 aliphatic carbocycles. The summed E-state index contributed by atoms with van der Waals surface area (Å²) >= 11 is 0. The average molecular weight is 350 g/mol. The first kappa shape index (κ1) is 18.9. The Morgan fingerprint density at radius 1 is 0.682 bits per heavy atom. The maximum Gasteiger partial charge on any atom is 0.469 e. The first-order chi connectivity index (χ1) is 9.65. The largest absolute Gasteiger partial charge is 0.469 e. The number of carbonyl (C=O) groups is 1. The first-order valence-electron chi connectivity index (χ1n) is 5.56. The molecule has 0 saturated carbocycles. The van der Waals surface area contributed by atoms with Crippen LogP contribution in [0.5, 0.6) is 0 Å². The summed E-state index contributed by atoms with van der Waals surface area (Å²) in [7, 11) is 0. The molecule has 0 aromatic heterocycles. The number of nitrogens with zero attached hydrogens (tertiary/aromatic N) is 2. The van der Waals surface area contributed by atoms with Crippen molar-refractivity contribution in [2.24, 2.45) is 0 Å². The molecular weight excluding hydrogens is 342 g/mol. The minimum atomic E-state index is -5.98. The van der Waals surface area contributed by atoms with Gasteiger partial charge in [-0.3, -0.25) is 4.79 Å². The fraction of sp³-hybridized carbons (Fsp3) is 0.889. The summed E-state index contributed by atoms with van der Waals surface area (Å²) in [5.41, 5.74) is 0. The van der Waals surface area contributed by atoms with Crippen LogP contribution in [0.3, 0.4) is 0 Å². The van der Waals surface area contributed by atoms with Crippen LogP contribution in [0.15, 0.2) is 0 Å². The quantitative estimate of drug-likeness (QED) is 0.442. The highest BCUT2D eigenvalue weighted by atomic mass is 19.4. The van der Waals surface area contributed by atoms with Crippen LogP contribution >= 0.6 is 0 Å². The van der Waals surface area contributed by atoms with Crippen molar-refractivity contribution in [2.75, 3.05) is 26.2 Å². The molecule has 0 bridgehead atoms. The monoisotopic (exact) mass is 350 g/mol. The smallest absolute Gasteiger partial charge is 0.254 e. The van der Waals surface area contributed by atoms with Gasteiger partial charge in [-0.05, 0) is 0 Å². The number of carbonyl (C=O) groups excluding carboxylic acids is 1. The van der Waals surface area contributed by atoms with E-state index in [0.29, 0.717) is 0 Å². The first-order valence-corrected chi connectivity index (χ1v) is 5.56. The Kier molecular flexibility index (Phi) is 4.74. The van der Waals surface area contributed by atoms with Gasteiger partial charge in [-0.2, -0.15) is 43.9 Å². The number of rotatable bonds is 4. The molecule has 0 spiro atoms. The fourth-order valence-corrected chi connectivity index (χ4v) is 1.76. The van der Waals surface area contributed by atoms with E-state index in [-0.39, 0.29) is 0 Å². The SMILES string of the molecule is O=C(F)C(F)(F)C(F)(F)N1CCN(C(F)(F)C(F)(F)F)CC1. The molecule has 0 unspecified atom stereocenters. The number of hydrogen-bond acceptors (Lipinski definition) is 3. The highest BCUT2D eigenvalue weighted by Crippen LogP contribution is 2.42. The molecule has 1 rings (SSSR count). The zero-order chi connectivity index (χ0) is 17.6. The topological polar surface area (TPSA) is 23.6 Å². The molecule has 0 aromatic carbocycles. The van der Waals surface area contributed by atoms with E-state index in [9.17, 15) is 48.7 Å². The molecule has 3 nitrogen and oxygen atoms in total. The van der Waals surface area contributed by atoms with Gasteiger partial charge in [0, 0.05) is 26.2 Å². The zero-order valence-electron chi connectivity index (χ0n) is 10.4. The molecule has 0 aromatic rings. The molecule has 1 saturated heterocycles. The van der Waals surface area contributed by atoms with E-state index in [1.54, 1.807) is 0 Å². The Morgan fingerprint density at radius 2 is 1.00 bits per heavy atom. The minimum absolute atomic E-state index is 0.519. The number of alkyl halides is 9. The molecule has 0 N–H and O–H groups in total. The maximum atomic E-state index is 13.3. The van der Waals surface area contributed by atoms with Crippen molar-refractivity contribution >= 4 is 6.04 Å². The van der Waals surface area contributed by atoms with Crippen molar-refractivity contribution in [3.63, 3.8) is 0 Å². The van der Waals surface area contributed by atoms with Gasteiger partial charge in [-0.1, -0.05) is 0 Å². The molecule has 1 aliphatic rings. The third kappa shape index (κ3) is 3.00. The summed E-state index contributed by atoms with van der Waals surface area (Å²) in [5, 5.41) is 0. The van der Waals surface area contributed by atoms with Crippen molar-refractivity contribution in [3.8, 4) is 0 Å². The van der Waals surface area contributed by atoms with Gasteiger partial charge in [0.15, 0.2) is 0 Å². The van der Waals surface area contributed by atoms with Crippen molar-refractivity contribution in [3.05, 3.63) is 0 Å². The average Bonchev–Trinajstić information content (AvgIpc) is 2.37. The predicted molar refractivity (Wildman–Crippen MR) is 50.2 cm³/mol. The standard InChI is InChI=1S/C9H8F10N2O/c10-5(22)6(11,12)8(16,17)20-1-3-21(4-2-20)9(18,19)7(13,14)15/h1-4H2. The van der Waals surface area contributed by atoms with Crippen molar-refractivity contribution in [2.45, 2.75) is 24.2 Å². The number of halogens is 10. The molecule has 13 heteroatoms. The second-order valence-corrected chi connectivity index (χ2v) is 4.40. The Labute approximate surface area is 116 Å². The van der Waals surface area contributed by atoms with Crippen LogP contribution in [0.4, 0.5) is 43.9 Å². The molecule has 22 heavy (non-hydrogen) atoms. The molecule has 130 valence electrons. The molecule has 1 aliphatic heterocycles. The lowest BCUT2D eigenvalue weighted by atomic mass is 10.2. The van der Waals surface area contributed by atoms with Gasteiger partial charge in [0.1, 0.15) is 0 Å². The van der Waals surface area contributed by atoms with Crippen LogP contribution in [0, 0.1) is 0 Å². The van der Waals surface area contributed by atoms with Gasteiger partial charge in [-0.25, -0.2) is 9.80 Å². The molecule has 1 fully saturated rings. The van der Waals surface area contributed by atoms with Gasteiger partial charge in [0.2, 0.25) is 0 Å². The fourth-order valence-electron chi connectivity index (χ4n) is 1.76. The minimum Gasteiger partial charge on any atom is -0.254 e. The van der Waals surface area contributed by atoms with Gasteiger partial charge >= 0.3 is 30.2 Å². The summed E-state index contributed by atoms with van der Waals surface area (Å²) in [4.78, 5) is 8.87. The Bertz CT molecular complexity index is 427. The normalized spacial score (nSPS) is 20.3. The summed E-state index contributed by atoms with van der Waals surface area (Å²) < 4.78 is 126. The van der Waals surface area contributed by atoms with E-state index < -0.39 is 66.2 Å². The van der Waals surface area contributed by atoms with E-state index >= 15 is 0 Å². The molecule has 1 heterocycles. The zero-order valence-corrected chi connectivity index (χ0v) is 10.4. The predicted octanol–water partition coefficient (Wildman–Crippen LogP) is 2.48. The Balaban J connectivity index is 2.84. The second-order valence-electron chi connectivity index (χ2n) is 4.40. The Hall–Kier alpha value is -1.11. The van der Waals surface area contributed by atoms with Gasteiger partial charge in [0.25, 0.3) is 0 Å². The molecule has 0 radical (unpaired) electrons. The lowest BCUT2D eigenvalue weighted by Gasteiger charge is -2.42. The highest BCUT2D eigenvalue weighted by Gasteiger charge is 2.67. The van der Waals surface area contributed by atoms with Crippen molar-refractivity contribution < 1.29 is 48.7 Å². The summed E-state index contributed by atoms with van der Waals surface area (Å²) in [6, 6.07) is -14.3. The van der Waals surface area contributed by atoms with Crippen LogP contribution in [-0.2, 0) is 4.79 Å². The third-order valence-corrected chi connectivity index (χ3v) is 3.04. The van der Waals surface area contributed by atoms with E-state index in [4.69, 9.17) is 0 Å². The summed E-state index contributed by atoms with van der Waals surface area (Å²) in [6.07, 6.45) is -5.98. The van der Waals surface area contributed by atoms with E-state index in [1.807, 2.05) is 0 Å². The van der Waals surface area contributed by atoms with Crippen molar-refractivity contribution in [1.82, 2.24) is 9.80 Å². The molecule has 0 atom stereocenters. The van der Waals surface area contributed by atoms with Gasteiger partial charge in [-0.15, -0.1) is 0 Å². The van der Waals surface area contributed by atoms with Crippen LogP contribution in [-0.4, -0.2) is 66.2 Å². The van der Waals surface area contributed by atoms with E-state index in [2.05, 4.69) is 0 Å². The van der Waals surface area contributed by atoms with Crippen molar-refractivity contribution in [1.29, 1.82) is 0 Å². The van der Waals surface area contributed by atoms with E-state index in [0.717, 1.165) is 0 Å². The summed E-state index contributed by atoms with van der Waals surface area (Å²) in [5.74, 6) is -5.73. The van der Waals surface area contributed by atoms with Crippen LogP contribution in [0.2, 0.25) is 0 Å².